The monoisotopic (exact) mass is 284 g/mol. The fraction of sp³-hybridized carbons (Fsp3) is 0.316. The summed E-state index contributed by atoms with van der Waals surface area (Å²) < 4.78 is 13.9. The van der Waals surface area contributed by atoms with Crippen molar-refractivity contribution < 1.29 is 9.18 Å². The summed E-state index contributed by atoms with van der Waals surface area (Å²) in [6, 6.07) is 13.0. The molecule has 0 saturated heterocycles. The Morgan fingerprint density at radius 1 is 1.00 bits per heavy atom. The lowest BCUT2D eigenvalue weighted by molar-refractivity contribution is 0.101. The van der Waals surface area contributed by atoms with Gasteiger partial charge in [-0.15, -0.1) is 0 Å². The highest BCUT2D eigenvalue weighted by molar-refractivity contribution is 5.94. The van der Waals surface area contributed by atoms with E-state index in [0.29, 0.717) is 0 Å². The lowest BCUT2D eigenvalue weighted by atomic mass is 9.99. The van der Waals surface area contributed by atoms with E-state index in [0.717, 1.165) is 17.5 Å². The van der Waals surface area contributed by atoms with Crippen LogP contribution in [0.3, 0.4) is 0 Å². The quantitative estimate of drug-likeness (QED) is 0.510. The van der Waals surface area contributed by atoms with Crippen molar-refractivity contribution in [1.29, 1.82) is 0 Å². The zero-order valence-electron chi connectivity index (χ0n) is 12.7. The number of unbranched alkanes of at least 4 members (excludes halogenated alkanes) is 2. The summed E-state index contributed by atoms with van der Waals surface area (Å²) >= 11 is 0. The molecule has 0 atom stereocenters. The van der Waals surface area contributed by atoms with Gasteiger partial charge >= 0.3 is 0 Å². The Morgan fingerprint density at radius 3 is 2.24 bits per heavy atom. The normalized spacial score (nSPS) is 10.6. The van der Waals surface area contributed by atoms with Crippen LogP contribution in [0.25, 0.3) is 11.1 Å². The lowest BCUT2D eigenvalue weighted by Gasteiger charge is -2.06. The molecular weight excluding hydrogens is 263 g/mol. The van der Waals surface area contributed by atoms with E-state index in [9.17, 15) is 9.18 Å². The molecule has 2 rings (SSSR count). The Labute approximate surface area is 125 Å². The predicted octanol–water partition coefficient (Wildman–Crippen LogP) is 5.43. The third kappa shape index (κ3) is 4.01. The van der Waals surface area contributed by atoms with Crippen LogP contribution >= 0.6 is 0 Å². The van der Waals surface area contributed by atoms with Gasteiger partial charge in [0.15, 0.2) is 5.78 Å². The number of hydrogen-bond donors (Lipinski definition) is 0. The molecule has 1 nitrogen and oxygen atoms in total. The molecule has 0 bridgehead atoms. The summed E-state index contributed by atoms with van der Waals surface area (Å²) in [5, 5.41) is 0. The van der Waals surface area contributed by atoms with Crippen molar-refractivity contribution in [3.8, 4) is 11.1 Å². The zero-order valence-corrected chi connectivity index (χ0v) is 12.7. The minimum absolute atomic E-state index is 0.148. The van der Waals surface area contributed by atoms with Gasteiger partial charge in [0.1, 0.15) is 5.82 Å². The summed E-state index contributed by atoms with van der Waals surface area (Å²) in [6.07, 6.45) is 4.77. The maximum atomic E-state index is 13.9. The molecule has 0 saturated carbocycles. The highest BCUT2D eigenvalue weighted by Crippen LogP contribution is 2.23. The van der Waals surface area contributed by atoms with E-state index < -0.39 is 5.82 Å². The number of benzene rings is 2. The molecule has 0 fully saturated rings. The molecule has 0 amide bonds. The van der Waals surface area contributed by atoms with Gasteiger partial charge in [-0.25, -0.2) is 4.39 Å². The fourth-order valence-electron chi connectivity index (χ4n) is 2.42. The van der Waals surface area contributed by atoms with Gasteiger partial charge in [-0.2, -0.15) is 0 Å². The van der Waals surface area contributed by atoms with Gasteiger partial charge in [-0.3, -0.25) is 4.79 Å². The van der Waals surface area contributed by atoms with Gasteiger partial charge in [0.05, 0.1) is 5.56 Å². The molecule has 0 N–H and O–H groups in total. The number of halogens is 1. The molecule has 0 unspecified atom stereocenters. The highest BCUT2D eigenvalue weighted by Gasteiger charge is 2.08. The third-order valence-electron chi connectivity index (χ3n) is 3.70. The topological polar surface area (TPSA) is 17.1 Å². The highest BCUT2D eigenvalue weighted by atomic mass is 19.1. The van der Waals surface area contributed by atoms with Crippen molar-refractivity contribution in [3.63, 3.8) is 0 Å². The average molecular weight is 284 g/mol. The number of rotatable bonds is 6. The fourth-order valence-corrected chi connectivity index (χ4v) is 2.42. The van der Waals surface area contributed by atoms with E-state index in [1.165, 1.54) is 37.8 Å². The first-order valence-electron chi connectivity index (χ1n) is 7.51. The van der Waals surface area contributed by atoms with Crippen LogP contribution in [0.4, 0.5) is 4.39 Å². The molecule has 2 aromatic carbocycles. The van der Waals surface area contributed by atoms with E-state index in [1.807, 2.05) is 12.1 Å². The van der Waals surface area contributed by atoms with Crippen LogP contribution in [-0.2, 0) is 6.42 Å². The molecule has 0 radical (unpaired) electrons. The van der Waals surface area contributed by atoms with Gasteiger partial charge < -0.3 is 0 Å². The van der Waals surface area contributed by atoms with E-state index in [-0.39, 0.29) is 11.3 Å². The molecule has 0 heterocycles. The van der Waals surface area contributed by atoms with E-state index >= 15 is 0 Å². The number of ketones is 1. The van der Waals surface area contributed by atoms with Crippen LogP contribution in [0.2, 0.25) is 0 Å². The maximum absolute atomic E-state index is 13.9. The smallest absolute Gasteiger partial charge is 0.162 e. The molecule has 0 aliphatic rings. The van der Waals surface area contributed by atoms with Crippen LogP contribution in [0.15, 0.2) is 42.5 Å². The lowest BCUT2D eigenvalue weighted by Crippen LogP contribution is -1.96. The minimum Gasteiger partial charge on any atom is -0.294 e. The van der Waals surface area contributed by atoms with Gasteiger partial charge in [-0.05, 0) is 48.6 Å². The molecule has 0 aromatic heterocycles. The Morgan fingerprint density at radius 2 is 1.67 bits per heavy atom. The molecule has 2 heteroatoms. The van der Waals surface area contributed by atoms with Gasteiger partial charge in [-0.1, -0.05) is 50.1 Å². The third-order valence-corrected chi connectivity index (χ3v) is 3.70. The Bertz CT molecular complexity index is 614. The second-order valence-electron chi connectivity index (χ2n) is 5.40. The van der Waals surface area contributed by atoms with Crippen molar-refractivity contribution in [2.45, 2.75) is 39.5 Å². The zero-order chi connectivity index (χ0) is 15.2. The van der Waals surface area contributed by atoms with Crippen molar-refractivity contribution >= 4 is 5.78 Å². The van der Waals surface area contributed by atoms with E-state index in [1.54, 1.807) is 12.1 Å². The number of Topliss-reactive ketones (excluding diaryl/α,β-unsaturated/α-hetero) is 1. The second-order valence-corrected chi connectivity index (χ2v) is 5.40. The standard InChI is InChI=1S/C19H21FO/c1-3-4-5-6-15-7-9-16(10-8-15)17-11-12-18(14(2)21)19(20)13-17/h7-13H,3-6H2,1-2H3. The van der Waals surface area contributed by atoms with Gasteiger partial charge in [0.2, 0.25) is 0 Å². The Kier molecular flexibility index (Phi) is 5.26. The summed E-state index contributed by atoms with van der Waals surface area (Å²) in [5.74, 6) is -0.697. The molecule has 2 aromatic rings. The van der Waals surface area contributed by atoms with Crippen LogP contribution < -0.4 is 0 Å². The SMILES string of the molecule is CCCCCc1ccc(-c2ccc(C(C)=O)c(F)c2)cc1. The van der Waals surface area contributed by atoms with Crippen molar-refractivity contribution in [3.05, 3.63) is 59.4 Å². The summed E-state index contributed by atoms with van der Waals surface area (Å²) in [4.78, 5) is 11.2. The van der Waals surface area contributed by atoms with Crippen LogP contribution in [0.1, 0.15) is 49.0 Å². The minimum atomic E-state index is -0.452. The Balaban J connectivity index is 2.15. The van der Waals surface area contributed by atoms with E-state index in [2.05, 4.69) is 19.1 Å². The number of carbonyl (C=O) groups excluding carboxylic acids is 1. The van der Waals surface area contributed by atoms with Crippen molar-refractivity contribution in [2.24, 2.45) is 0 Å². The first-order valence-corrected chi connectivity index (χ1v) is 7.51. The molecule has 0 aliphatic heterocycles. The number of aryl methyl sites for hydroxylation is 1. The average Bonchev–Trinajstić information content (AvgIpc) is 2.48. The number of hydrogen-bond acceptors (Lipinski definition) is 1. The van der Waals surface area contributed by atoms with Crippen LogP contribution in [0.5, 0.6) is 0 Å². The first kappa shape index (κ1) is 15.4. The molecule has 0 spiro atoms. The van der Waals surface area contributed by atoms with Gasteiger partial charge in [0, 0.05) is 0 Å². The predicted molar refractivity (Wildman–Crippen MR) is 85.1 cm³/mol. The first-order chi connectivity index (χ1) is 10.1. The second kappa shape index (κ2) is 7.16. The van der Waals surface area contributed by atoms with Crippen molar-refractivity contribution in [2.75, 3.05) is 0 Å². The van der Waals surface area contributed by atoms with Crippen LogP contribution in [-0.4, -0.2) is 5.78 Å². The molecule has 21 heavy (non-hydrogen) atoms. The summed E-state index contributed by atoms with van der Waals surface area (Å²) in [7, 11) is 0. The summed E-state index contributed by atoms with van der Waals surface area (Å²) in [5.41, 5.74) is 3.24. The summed E-state index contributed by atoms with van der Waals surface area (Å²) in [6.45, 7) is 3.57. The molecular formula is C19H21FO. The van der Waals surface area contributed by atoms with E-state index in [4.69, 9.17) is 0 Å². The van der Waals surface area contributed by atoms with Gasteiger partial charge in [0.25, 0.3) is 0 Å². The van der Waals surface area contributed by atoms with Crippen molar-refractivity contribution in [1.82, 2.24) is 0 Å². The number of carbonyl (C=O) groups is 1. The largest absolute Gasteiger partial charge is 0.294 e. The maximum Gasteiger partial charge on any atom is 0.162 e. The molecule has 110 valence electrons. The Hall–Kier alpha value is -1.96. The molecule has 0 aliphatic carbocycles. The van der Waals surface area contributed by atoms with Crippen LogP contribution in [0, 0.1) is 5.82 Å².